The van der Waals surface area contributed by atoms with Crippen LogP contribution in [0.2, 0.25) is 0 Å². The summed E-state index contributed by atoms with van der Waals surface area (Å²) in [6.45, 7) is 5.22. The third kappa shape index (κ3) is 4.76. The van der Waals surface area contributed by atoms with Gasteiger partial charge in [-0.15, -0.1) is 0 Å². The molecule has 0 aliphatic heterocycles. The molecule has 8 heteroatoms. The Morgan fingerprint density at radius 1 is 1.42 bits per heavy atom. The summed E-state index contributed by atoms with van der Waals surface area (Å²) < 4.78 is 10.1. The third-order valence-corrected chi connectivity index (χ3v) is 2.01. The SMILES string of the molecule is COc1cc(B(O)O)cnc1NC(=O)OC(C)(C)C. The summed E-state index contributed by atoms with van der Waals surface area (Å²) in [6, 6.07) is 1.37. The Morgan fingerprint density at radius 2 is 2.05 bits per heavy atom. The van der Waals surface area contributed by atoms with Gasteiger partial charge in [-0.2, -0.15) is 0 Å². The fourth-order valence-electron chi connectivity index (χ4n) is 1.25. The first kappa shape index (κ1) is 15.3. The van der Waals surface area contributed by atoms with Gasteiger partial charge in [-0.05, 0) is 26.8 Å². The van der Waals surface area contributed by atoms with Gasteiger partial charge in [-0.3, -0.25) is 5.32 Å². The second-order valence-electron chi connectivity index (χ2n) is 4.82. The van der Waals surface area contributed by atoms with E-state index in [4.69, 9.17) is 19.5 Å². The van der Waals surface area contributed by atoms with Gasteiger partial charge in [0.05, 0.1) is 7.11 Å². The first-order chi connectivity index (χ1) is 8.73. The molecule has 1 aromatic heterocycles. The van der Waals surface area contributed by atoms with Crippen LogP contribution in [0.1, 0.15) is 20.8 Å². The smallest absolute Gasteiger partial charge is 0.490 e. The standard InChI is InChI=1S/C11H17BN2O5/c1-11(2,3)19-10(15)14-9-8(18-4)5-7(6-13-9)12(16)17/h5-6,16-17H,1-4H3,(H,13,14,15). The molecule has 0 saturated heterocycles. The van der Waals surface area contributed by atoms with Crippen molar-refractivity contribution < 1.29 is 24.3 Å². The highest BCUT2D eigenvalue weighted by Crippen LogP contribution is 2.20. The van der Waals surface area contributed by atoms with Gasteiger partial charge in [0.1, 0.15) is 5.60 Å². The highest BCUT2D eigenvalue weighted by molar-refractivity contribution is 6.58. The molecule has 0 aromatic carbocycles. The molecule has 0 aliphatic carbocycles. The zero-order valence-electron chi connectivity index (χ0n) is 11.3. The highest BCUT2D eigenvalue weighted by atomic mass is 16.6. The zero-order valence-corrected chi connectivity index (χ0v) is 11.3. The lowest BCUT2D eigenvalue weighted by Gasteiger charge is -2.20. The van der Waals surface area contributed by atoms with Gasteiger partial charge < -0.3 is 19.5 Å². The molecule has 1 aromatic rings. The van der Waals surface area contributed by atoms with Crippen molar-refractivity contribution in [1.29, 1.82) is 0 Å². The average molecular weight is 268 g/mol. The molecule has 104 valence electrons. The monoisotopic (exact) mass is 268 g/mol. The molecular formula is C11H17BN2O5. The van der Waals surface area contributed by atoms with E-state index in [1.807, 2.05) is 0 Å². The maximum Gasteiger partial charge on any atom is 0.490 e. The molecule has 0 aliphatic rings. The fraction of sp³-hybridized carbons (Fsp3) is 0.455. The van der Waals surface area contributed by atoms with Crippen LogP contribution in [0.3, 0.4) is 0 Å². The number of amides is 1. The normalized spacial score (nSPS) is 10.8. The summed E-state index contributed by atoms with van der Waals surface area (Å²) >= 11 is 0. The van der Waals surface area contributed by atoms with E-state index in [0.29, 0.717) is 0 Å². The van der Waals surface area contributed by atoms with Crippen LogP contribution in [0.4, 0.5) is 10.6 Å². The van der Waals surface area contributed by atoms with Gasteiger partial charge in [0, 0.05) is 11.7 Å². The second kappa shape index (κ2) is 5.90. The molecule has 3 N–H and O–H groups in total. The Labute approximate surface area is 111 Å². The Hall–Kier alpha value is -1.80. The highest BCUT2D eigenvalue weighted by Gasteiger charge is 2.20. The van der Waals surface area contributed by atoms with Crippen LogP contribution in [0.15, 0.2) is 12.3 Å². The number of nitrogens with zero attached hydrogens (tertiary/aromatic N) is 1. The van der Waals surface area contributed by atoms with Crippen LogP contribution >= 0.6 is 0 Å². The first-order valence-electron chi connectivity index (χ1n) is 5.63. The topological polar surface area (TPSA) is 101 Å². The molecule has 0 unspecified atom stereocenters. The minimum absolute atomic E-state index is 0.140. The van der Waals surface area contributed by atoms with Crippen molar-refractivity contribution >= 4 is 24.5 Å². The van der Waals surface area contributed by atoms with E-state index in [0.717, 1.165) is 0 Å². The number of carbonyl (C=O) groups excluding carboxylic acids is 1. The zero-order chi connectivity index (χ0) is 14.6. The summed E-state index contributed by atoms with van der Waals surface area (Å²) in [5.41, 5.74) is -0.468. The number of methoxy groups -OCH3 is 1. The predicted octanol–water partition coefficient (Wildman–Crippen LogP) is 0.117. The second-order valence-corrected chi connectivity index (χ2v) is 4.82. The van der Waals surface area contributed by atoms with E-state index in [9.17, 15) is 4.79 Å². The van der Waals surface area contributed by atoms with Crippen LogP contribution < -0.4 is 15.5 Å². The van der Waals surface area contributed by atoms with Crippen LogP contribution in [0.5, 0.6) is 5.75 Å². The Morgan fingerprint density at radius 3 is 2.53 bits per heavy atom. The van der Waals surface area contributed by atoms with Crippen LogP contribution in [-0.4, -0.2) is 41.0 Å². The van der Waals surface area contributed by atoms with Gasteiger partial charge in [0.15, 0.2) is 11.6 Å². The molecule has 0 fully saturated rings. The van der Waals surface area contributed by atoms with E-state index in [1.165, 1.54) is 19.4 Å². The molecule has 0 atom stereocenters. The minimum Gasteiger partial charge on any atom is -0.493 e. The van der Waals surface area contributed by atoms with Crippen molar-refractivity contribution in [2.45, 2.75) is 26.4 Å². The molecule has 7 nitrogen and oxygen atoms in total. The summed E-state index contributed by atoms with van der Waals surface area (Å²) in [7, 11) is -0.276. The molecular weight excluding hydrogens is 251 g/mol. The average Bonchev–Trinajstić information content (AvgIpc) is 2.26. The lowest BCUT2D eigenvalue weighted by atomic mass is 9.81. The number of hydrogen-bond acceptors (Lipinski definition) is 6. The summed E-state index contributed by atoms with van der Waals surface area (Å²) in [5.74, 6) is 0.345. The predicted molar refractivity (Wildman–Crippen MR) is 70.5 cm³/mol. The van der Waals surface area contributed by atoms with E-state index in [1.54, 1.807) is 20.8 Å². The Kier molecular flexibility index (Phi) is 4.74. The molecule has 0 saturated carbocycles. The number of ether oxygens (including phenoxy) is 2. The van der Waals surface area contributed by atoms with Gasteiger partial charge in [0.2, 0.25) is 0 Å². The third-order valence-electron chi connectivity index (χ3n) is 2.01. The van der Waals surface area contributed by atoms with Gasteiger partial charge in [0.25, 0.3) is 0 Å². The number of hydrogen-bond donors (Lipinski definition) is 3. The van der Waals surface area contributed by atoms with Crippen LogP contribution in [0, 0.1) is 0 Å². The summed E-state index contributed by atoms with van der Waals surface area (Å²) in [4.78, 5) is 15.5. The summed E-state index contributed by atoms with van der Waals surface area (Å²) in [5, 5.41) is 20.5. The number of rotatable bonds is 3. The van der Waals surface area contributed by atoms with Crippen molar-refractivity contribution in [2.24, 2.45) is 0 Å². The fourth-order valence-corrected chi connectivity index (χ4v) is 1.25. The quantitative estimate of drug-likeness (QED) is 0.673. The van der Waals surface area contributed by atoms with E-state index >= 15 is 0 Å². The van der Waals surface area contributed by atoms with Crippen molar-refractivity contribution in [3.05, 3.63) is 12.3 Å². The first-order valence-corrected chi connectivity index (χ1v) is 5.63. The number of pyridine rings is 1. The maximum absolute atomic E-state index is 11.6. The van der Waals surface area contributed by atoms with Crippen molar-refractivity contribution in [2.75, 3.05) is 12.4 Å². The lowest BCUT2D eigenvalue weighted by molar-refractivity contribution is 0.0634. The summed E-state index contributed by atoms with van der Waals surface area (Å²) in [6.07, 6.45) is 0.551. The van der Waals surface area contributed by atoms with Gasteiger partial charge in [-0.25, -0.2) is 9.78 Å². The molecule has 1 rings (SSSR count). The number of anilines is 1. The van der Waals surface area contributed by atoms with E-state index in [-0.39, 0.29) is 17.0 Å². The van der Waals surface area contributed by atoms with Crippen molar-refractivity contribution in [1.82, 2.24) is 4.98 Å². The Balaban J connectivity index is 2.86. The van der Waals surface area contributed by atoms with Crippen molar-refractivity contribution in [3.8, 4) is 5.75 Å². The molecule has 0 spiro atoms. The number of carbonyl (C=O) groups is 1. The van der Waals surface area contributed by atoms with Gasteiger partial charge in [-0.1, -0.05) is 0 Å². The van der Waals surface area contributed by atoms with Crippen LogP contribution in [-0.2, 0) is 4.74 Å². The van der Waals surface area contributed by atoms with Crippen LogP contribution in [0.25, 0.3) is 0 Å². The molecule has 1 heterocycles. The van der Waals surface area contributed by atoms with Gasteiger partial charge >= 0.3 is 13.2 Å². The number of aromatic nitrogens is 1. The molecule has 19 heavy (non-hydrogen) atoms. The molecule has 0 bridgehead atoms. The maximum atomic E-state index is 11.6. The Bertz CT molecular complexity index is 459. The minimum atomic E-state index is -1.66. The van der Waals surface area contributed by atoms with E-state index < -0.39 is 18.8 Å². The molecule has 0 radical (unpaired) electrons. The largest absolute Gasteiger partial charge is 0.493 e. The van der Waals surface area contributed by atoms with E-state index in [2.05, 4.69) is 10.3 Å². The van der Waals surface area contributed by atoms with Crippen molar-refractivity contribution in [3.63, 3.8) is 0 Å². The lowest BCUT2D eigenvalue weighted by Crippen LogP contribution is -2.31. The number of nitrogens with one attached hydrogen (secondary N) is 1. The molecule has 1 amide bonds.